The highest BCUT2D eigenvalue weighted by Crippen LogP contribution is 2.19. The van der Waals surface area contributed by atoms with E-state index in [1.54, 1.807) is 0 Å². The quantitative estimate of drug-likeness (QED) is 0.781. The summed E-state index contributed by atoms with van der Waals surface area (Å²) in [4.78, 5) is 0. The molecule has 0 saturated carbocycles. The molecule has 0 aliphatic rings. The highest BCUT2D eigenvalue weighted by molar-refractivity contribution is 5.36. The van der Waals surface area contributed by atoms with Crippen LogP contribution < -0.4 is 15.8 Å². The Morgan fingerprint density at radius 1 is 1.33 bits per heavy atom. The predicted molar refractivity (Wildman–Crippen MR) is 76.9 cm³/mol. The third-order valence-electron chi connectivity index (χ3n) is 3.02. The minimum Gasteiger partial charge on any atom is -0.494 e. The van der Waals surface area contributed by atoms with Crippen LogP contribution in [0.5, 0.6) is 5.75 Å². The summed E-state index contributed by atoms with van der Waals surface area (Å²) in [6.07, 6.45) is 0. The number of aryl methyl sites for hydroxylation is 1. The van der Waals surface area contributed by atoms with E-state index >= 15 is 0 Å². The van der Waals surface area contributed by atoms with Crippen molar-refractivity contribution in [2.75, 3.05) is 19.7 Å². The summed E-state index contributed by atoms with van der Waals surface area (Å²) in [7, 11) is 0. The van der Waals surface area contributed by atoms with Gasteiger partial charge in [0, 0.05) is 13.1 Å². The first-order valence-electron chi connectivity index (χ1n) is 6.61. The topological polar surface area (TPSA) is 47.3 Å². The molecule has 0 saturated heterocycles. The molecule has 1 aromatic carbocycles. The van der Waals surface area contributed by atoms with E-state index in [0.29, 0.717) is 13.2 Å². The number of ether oxygens (including phenoxy) is 1. The second-order valence-corrected chi connectivity index (χ2v) is 5.50. The number of benzene rings is 1. The lowest BCUT2D eigenvalue weighted by atomic mass is 9.94. The summed E-state index contributed by atoms with van der Waals surface area (Å²) in [6.45, 7) is 11.6. The zero-order valence-corrected chi connectivity index (χ0v) is 12.0. The zero-order chi connectivity index (χ0) is 13.6. The summed E-state index contributed by atoms with van der Waals surface area (Å²) < 4.78 is 5.53. The Hall–Kier alpha value is -1.06. The molecule has 0 aliphatic carbocycles. The molecule has 0 radical (unpaired) electrons. The maximum absolute atomic E-state index is 5.71. The maximum atomic E-state index is 5.71. The second kappa shape index (κ2) is 6.76. The van der Waals surface area contributed by atoms with Crippen molar-refractivity contribution in [2.45, 2.75) is 34.2 Å². The van der Waals surface area contributed by atoms with Crippen LogP contribution in [0.3, 0.4) is 0 Å². The van der Waals surface area contributed by atoms with Gasteiger partial charge >= 0.3 is 0 Å². The molecule has 0 bridgehead atoms. The van der Waals surface area contributed by atoms with Crippen molar-refractivity contribution in [3.8, 4) is 5.75 Å². The number of hydrogen-bond acceptors (Lipinski definition) is 3. The summed E-state index contributed by atoms with van der Waals surface area (Å²) in [6, 6.07) is 6.33. The van der Waals surface area contributed by atoms with Crippen LogP contribution >= 0.6 is 0 Å². The van der Waals surface area contributed by atoms with E-state index in [1.807, 2.05) is 13.0 Å². The van der Waals surface area contributed by atoms with Crippen LogP contribution in [0.1, 0.15) is 31.9 Å². The molecule has 0 heterocycles. The highest BCUT2D eigenvalue weighted by atomic mass is 16.5. The van der Waals surface area contributed by atoms with Gasteiger partial charge in [0.05, 0.1) is 6.61 Å². The lowest BCUT2D eigenvalue weighted by Crippen LogP contribution is -2.35. The normalized spacial score (nSPS) is 11.6. The van der Waals surface area contributed by atoms with Gasteiger partial charge in [-0.05, 0) is 43.0 Å². The molecular formula is C15H26N2O. The molecule has 1 aromatic rings. The highest BCUT2D eigenvalue weighted by Gasteiger charge is 2.14. The molecule has 0 atom stereocenters. The first-order chi connectivity index (χ1) is 8.48. The predicted octanol–water partition coefficient (Wildman–Crippen LogP) is 2.47. The van der Waals surface area contributed by atoms with E-state index in [0.717, 1.165) is 18.8 Å². The van der Waals surface area contributed by atoms with Gasteiger partial charge in [-0.3, -0.25) is 0 Å². The third kappa shape index (κ3) is 4.67. The van der Waals surface area contributed by atoms with E-state index in [9.17, 15) is 0 Å². The Kier molecular flexibility index (Phi) is 5.63. The number of hydrogen-bond donors (Lipinski definition) is 2. The van der Waals surface area contributed by atoms with E-state index in [4.69, 9.17) is 10.5 Å². The first-order valence-corrected chi connectivity index (χ1v) is 6.61. The largest absolute Gasteiger partial charge is 0.494 e. The molecule has 0 fully saturated rings. The first kappa shape index (κ1) is 15.0. The Morgan fingerprint density at radius 2 is 2.06 bits per heavy atom. The molecule has 0 unspecified atom stereocenters. The van der Waals surface area contributed by atoms with Crippen molar-refractivity contribution in [1.29, 1.82) is 0 Å². The molecule has 3 nitrogen and oxygen atoms in total. The van der Waals surface area contributed by atoms with Gasteiger partial charge in [0.2, 0.25) is 0 Å². The Labute approximate surface area is 111 Å². The summed E-state index contributed by atoms with van der Waals surface area (Å²) in [5.41, 5.74) is 8.33. The fraction of sp³-hybridized carbons (Fsp3) is 0.600. The van der Waals surface area contributed by atoms with Crippen molar-refractivity contribution < 1.29 is 4.74 Å². The number of rotatable bonds is 7. The van der Waals surface area contributed by atoms with Gasteiger partial charge in [0.15, 0.2) is 0 Å². The molecule has 3 N–H and O–H groups in total. The molecule has 3 heteroatoms. The van der Waals surface area contributed by atoms with Crippen molar-refractivity contribution in [2.24, 2.45) is 11.1 Å². The van der Waals surface area contributed by atoms with Crippen LogP contribution in [-0.2, 0) is 6.54 Å². The SMILES string of the molecule is CCOc1ccc(CNCC(C)(C)CN)cc1C. The fourth-order valence-corrected chi connectivity index (χ4v) is 1.76. The van der Waals surface area contributed by atoms with Gasteiger partial charge < -0.3 is 15.8 Å². The molecular weight excluding hydrogens is 224 g/mol. The van der Waals surface area contributed by atoms with Gasteiger partial charge in [-0.2, -0.15) is 0 Å². The van der Waals surface area contributed by atoms with Crippen LogP contribution in [0.15, 0.2) is 18.2 Å². The Morgan fingerprint density at radius 3 is 2.61 bits per heavy atom. The van der Waals surface area contributed by atoms with Crippen LogP contribution in [0.2, 0.25) is 0 Å². The minimum absolute atomic E-state index is 0.153. The molecule has 0 aliphatic heterocycles. The number of nitrogens with one attached hydrogen (secondary N) is 1. The van der Waals surface area contributed by atoms with Crippen molar-refractivity contribution in [3.05, 3.63) is 29.3 Å². The van der Waals surface area contributed by atoms with Gasteiger partial charge in [0.25, 0.3) is 0 Å². The van der Waals surface area contributed by atoms with E-state index < -0.39 is 0 Å². The summed E-state index contributed by atoms with van der Waals surface area (Å²) in [5, 5.41) is 3.45. The minimum atomic E-state index is 0.153. The van der Waals surface area contributed by atoms with E-state index in [1.165, 1.54) is 11.1 Å². The average molecular weight is 250 g/mol. The van der Waals surface area contributed by atoms with Crippen LogP contribution in [-0.4, -0.2) is 19.7 Å². The van der Waals surface area contributed by atoms with Gasteiger partial charge in [-0.1, -0.05) is 26.0 Å². The van der Waals surface area contributed by atoms with E-state index in [2.05, 4.69) is 38.2 Å². The van der Waals surface area contributed by atoms with Crippen molar-refractivity contribution in [3.63, 3.8) is 0 Å². The molecule has 0 spiro atoms. The van der Waals surface area contributed by atoms with Gasteiger partial charge in [0.1, 0.15) is 5.75 Å². The fourth-order valence-electron chi connectivity index (χ4n) is 1.76. The lowest BCUT2D eigenvalue weighted by molar-refractivity contribution is 0.337. The molecule has 0 amide bonds. The molecule has 1 rings (SSSR count). The maximum Gasteiger partial charge on any atom is 0.122 e. The zero-order valence-electron chi connectivity index (χ0n) is 12.0. The van der Waals surface area contributed by atoms with Crippen LogP contribution in [0.25, 0.3) is 0 Å². The second-order valence-electron chi connectivity index (χ2n) is 5.50. The summed E-state index contributed by atoms with van der Waals surface area (Å²) in [5.74, 6) is 0.975. The molecule has 18 heavy (non-hydrogen) atoms. The Bertz CT molecular complexity index is 375. The average Bonchev–Trinajstić information content (AvgIpc) is 2.32. The molecule has 0 aromatic heterocycles. The van der Waals surface area contributed by atoms with Crippen LogP contribution in [0.4, 0.5) is 0 Å². The monoisotopic (exact) mass is 250 g/mol. The van der Waals surface area contributed by atoms with Gasteiger partial charge in [-0.25, -0.2) is 0 Å². The smallest absolute Gasteiger partial charge is 0.122 e. The Balaban J connectivity index is 2.51. The molecule has 102 valence electrons. The van der Waals surface area contributed by atoms with Crippen LogP contribution in [0, 0.1) is 12.3 Å². The third-order valence-corrected chi connectivity index (χ3v) is 3.02. The van der Waals surface area contributed by atoms with Gasteiger partial charge in [-0.15, -0.1) is 0 Å². The van der Waals surface area contributed by atoms with Crippen molar-refractivity contribution in [1.82, 2.24) is 5.32 Å². The van der Waals surface area contributed by atoms with E-state index in [-0.39, 0.29) is 5.41 Å². The number of nitrogens with two attached hydrogens (primary N) is 1. The van der Waals surface area contributed by atoms with Crippen molar-refractivity contribution >= 4 is 0 Å². The lowest BCUT2D eigenvalue weighted by Gasteiger charge is -2.22. The summed E-state index contributed by atoms with van der Waals surface area (Å²) >= 11 is 0. The standard InChI is InChI=1S/C15H26N2O/c1-5-18-14-7-6-13(8-12(14)2)9-17-11-15(3,4)10-16/h6-8,17H,5,9-11,16H2,1-4H3.